The predicted molar refractivity (Wildman–Crippen MR) is 45.1 cm³/mol. The highest BCUT2D eigenvalue weighted by atomic mass is 31.2. The normalized spacial score (nSPS) is 30.8. The molecule has 0 amide bonds. The van der Waals surface area contributed by atoms with Crippen molar-refractivity contribution in [1.29, 1.82) is 0 Å². The minimum absolute atomic E-state index is 0.0624. The van der Waals surface area contributed by atoms with Crippen LogP contribution in [-0.2, 0) is 9.30 Å². The van der Waals surface area contributed by atoms with Crippen molar-refractivity contribution >= 4 is 15.4 Å². The van der Waals surface area contributed by atoms with Crippen molar-refractivity contribution in [2.75, 3.05) is 6.35 Å². The molecule has 68 valence electrons. The number of ether oxygens (including phenoxy) is 1. The van der Waals surface area contributed by atoms with Gasteiger partial charge < -0.3 is 14.5 Å². The lowest BCUT2D eigenvalue weighted by molar-refractivity contribution is 0.0804. The molecule has 1 rings (SSSR count). The van der Waals surface area contributed by atoms with E-state index in [1.807, 2.05) is 0 Å². The fourth-order valence-corrected chi connectivity index (χ4v) is 1.73. The van der Waals surface area contributed by atoms with E-state index in [-0.39, 0.29) is 11.9 Å². The average molecular weight is 190 g/mol. The predicted octanol–water partition coefficient (Wildman–Crippen LogP) is 0.648. The van der Waals surface area contributed by atoms with Crippen LogP contribution in [0.3, 0.4) is 0 Å². The van der Waals surface area contributed by atoms with Crippen LogP contribution in [0.15, 0.2) is 0 Å². The van der Waals surface area contributed by atoms with Gasteiger partial charge in [0.25, 0.3) is 0 Å². The van der Waals surface area contributed by atoms with Crippen LogP contribution in [0.25, 0.3) is 0 Å². The molecule has 2 unspecified atom stereocenters. The molecule has 2 radical (unpaired) electrons. The van der Waals surface area contributed by atoms with E-state index in [2.05, 4.69) is 0 Å². The van der Waals surface area contributed by atoms with Crippen molar-refractivity contribution in [3.8, 4) is 0 Å². The highest BCUT2D eigenvalue weighted by molar-refractivity contribution is 7.51. The molecule has 0 aromatic carbocycles. The molecule has 1 aliphatic carbocycles. The first-order valence-electron chi connectivity index (χ1n) is 3.89. The quantitative estimate of drug-likeness (QED) is 0.506. The molecule has 0 aromatic heterocycles. The van der Waals surface area contributed by atoms with E-state index in [1.54, 1.807) is 0 Å². The van der Waals surface area contributed by atoms with E-state index < -0.39 is 13.9 Å². The summed E-state index contributed by atoms with van der Waals surface area (Å²) >= 11 is 0. The molecule has 1 saturated carbocycles. The van der Waals surface area contributed by atoms with Gasteiger partial charge in [0.1, 0.15) is 6.35 Å². The van der Waals surface area contributed by atoms with Crippen LogP contribution in [-0.4, -0.2) is 30.1 Å². The molecule has 0 saturated heterocycles. The summed E-state index contributed by atoms with van der Waals surface area (Å²) < 4.78 is 15.4. The third-order valence-electron chi connectivity index (χ3n) is 1.90. The summed E-state index contributed by atoms with van der Waals surface area (Å²) in [7, 11) is 1.59. The maximum Gasteiger partial charge on any atom is 0.350 e. The van der Waals surface area contributed by atoms with Crippen LogP contribution >= 0.6 is 7.60 Å². The molecule has 0 bridgehead atoms. The molecular formula is C6H12BO4P. The maximum absolute atomic E-state index is 10.4. The van der Waals surface area contributed by atoms with Crippen molar-refractivity contribution in [2.24, 2.45) is 0 Å². The maximum atomic E-state index is 10.4. The summed E-state index contributed by atoms with van der Waals surface area (Å²) in [6.45, 7) is 0. The SMILES string of the molecule is [B]C1CCC(OCP(=O)(O)O)C1. The molecule has 2 atom stereocenters. The van der Waals surface area contributed by atoms with E-state index in [9.17, 15) is 4.57 Å². The number of rotatable bonds is 3. The lowest BCUT2D eigenvalue weighted by atomic mass is 9.86. The molecule has 0 aromatic rings. The van der Waals surface area contributed by atoms with Crippen molar-refractivity contribution in [3.63, 3.8) is 0 Å². The Kier molecular flexibility index (Phi) is 3.35. The van der Waals surface area contributed by atoms with Gasteiger partial charge in [0.05, 0.1) is 14.0 Å². The van der Waals surface area contributed by atoms with Crippen molar-refractivity contribution in [1.82, 2.24) is 0 Å². The zero-order valence-electron chi connectivity index (χ0n) is 6.72. The Bertz CT molecular complexity index is 192. The largest absolute Gasteiger partial charge is 0.366 e. The summed E-state index contributed by atoms with van der Waals surface area (Å²) in [4.78, 5) is 17.0. The van der Waals surface area contributed by atoms with Crippen LogP contribution in [0.4, 0.5) is 0 Å². The molecule has 2 N–H and O–H groups in total. The standard InChI is InChI=1S/C6H12BO4P/c7-5-1-2-6(3-5)11-4-12(8,9)10/h5-6H,1-4H2,(H2,8,9,10). The van der Waals surface area contributed by atoms with Gasteiger partial charge in [0.2, 0.25) is 0 Å². The molecular weight excluding hydrogens is 178 g/mol. The molecule has 6 heteroatoms. The van der Waals surface area contributed by atoms with E-state index in [1.165, 1.54) is 0 Å². The first-order chi connectivity index (χ1) is 5.47. The lowest BCUT2D eigenvalue weighted by Gasteiger charge is -2.11. The molecule has 0 spiro atoms. The number of hydrogen-bond acceptors (Lipinski definition) is 2. The van der Waals surface area contributed by atoms with Gasteiger partial charge >= 0.3 is 7.60 Å². The highest BCUT2D eigenvalue weighted by Crippen LogP contribution is 2.37. The summed E-state index contributed by atoms with van der Waals surface area (Å²) in [5.74, 6) is 0.131. The molecule has 4 nitrogen and oxygen atoms in total. The van der Waals surface area contributed by atoms with E-state index in [0.29, 0.717) is 6.42 Å². The van der Waals surface area contributed by atoms with Crippen molar-refractivity contribution in [3.05, 3.63) is 0 Å². The zero-order chi connectivity index (χ0) is 9.19. The van der Waals surface area contributed by atoms with Crippen LogP contribution in [0.5, 0.6) is 0 Å². The molecule has 1 fully saturated rings. The first-order valence-corrected chi connectivity index (χ1v) is 5.69. The van der Waals surface area contributed by atoms with Crippen molar-refractivity contribution in [2.45, 2.75) is 31.2 Å². The molecule has 0 heterocycles. The highest BCUT2D eigenvalue weighted by Gasteiger charge is 2.24. The van der Waals surface area contributed by atoms with Gasteiger partial charge in [-0.1, -0.05) is 12.2 Å². The van der Waals surface area contributed by atoms with E-state index in [0.717, 1.165) is 12.8 Å². The second-order valence-electron chi connectivity index (χ2n) is 3.16. The number of hydrogen-bond donors (Lipinski definition) is 2. The van der Waals surface area contributed by atoms with Gasteiger partial charge in [0.15, 0.2) is 0 Å². The molecule has 1 aliphatic rings. The monoisotopic (exact) mass is 190 g/mol. The Labute approximate surface area is 72.9 Å². The van der Waals surface area contributed by atoms with Gasteiger partial charge in [-0.25, -0.2) is 0 Å². The molecule has 12 heavy (non-hydrogen) atoms. The zero-order valence-corrected chi connectivity index (χ0v) is 7.61. The molecule has 0 aliphatic heterocycles. The van der Waals surface area contributed by atoms with Gasteiger partial charge in [-0.2, -0.15) is 0 Å². The fraction of sp³-hybridized carbons (Fsp3) is 1.00. The van der Waals surface area contributed by atoms with E-state index in [4.69, 9.17) is 22.4 Å². The van der Waals surface area contributed by atoms with Crippen molar-refractivity contribution < 1.29 is 19.1 Å². The smallest absolute Gasteiger partial charge is 0.350 e. The average Bonchev–Trinajstić information content (AvgIpc) is 2.30. The van der Waals surface area contributed by atoms with Crippen LogP contribution < -0.4 is 0 Å². The first kappa shape index (κ1) is 10.3. The van der Waals surface area contributed by atoms with Crippen LogP contribution in [0.1, 0.15) is 19.3 Å². The van der Waals surface area contributed by atoms with Gasteiger partial charge in [-0.3, -0.25) is 4.57 Å². The van der Waals surface area contributed by atoms with Crippen LogP contribution in [0, 0.1) is 0 Å². The Hall–Kier alpha value is 0.175. The summed E-state index contributed by atoms with van der Waals surface area (Å²) in [6.07, 6.45) is 1.85. The fourth-order valence-electron chi connectivity index (χ4n) is 1.33. The van der Waals surface area contributed by atoms with E-state index >= 15 is 0 Å². The minimum Gasteiger partial charge on any atom is -0.366 e. The summed E-state index contributed by atoms with van der Waals surface area (Å²) in [6, 6.07) is 0. The Morgan fingerprint density at radius 2 is 2.17 bits per heavy atom. The topological polar surface area (TPSA) is 66.8 Å². The summed E-state index contributed by atoms with van der Waals surface area (Å²) in [5.41, 5.74) is 0. The Balaban J connectivity index is 2.21. The Morgan fingerprint density at radius 1 is 1.50 bits per heavy atom. The second-order valence-corrected chi connectivity index (χ2v) is 4.74. The third-order valence-corrected chi connectivity index (χ3v) is 2.39. The summed E-state index contributed by atoms with van der Waals surface area (Å²) in [5, 5.41) is 0. The lowest BCUT2D eigenvalue weighted by Crippen LogP contribution is -2.09. The van der Waals surface area contributed by atoms with Crippen LogP contribution in [0.2, 0.25) is 5.82 Å². The third kappa shape index (κ3) is 3.72. The minimum atomic E-state index is -4.00. The Morgan fingerprint density at radius 3 is 2.58 bits per heavy atom. The second kappa shape index (κ2) is 3.92. The van der Waals surface area contributed by atoms with Gasteiger partial charge in [-0.15, -0.1) is 0 Å². The van der Waals surface area contributed by atoms with Gasteiger partial charge in [-0.05, 0) is 12.8 Å². The van der Waals surface area contributed by atoms with Gasteiger partial charge in [0, 0.05) is 0 Å².